The van der Waals surface area contributed by atoms with Crippen LogP contribution >= 0.6 is 0 Å². The lowest BCUT2D eigenvalue weighted by molar-refractivity contribution is 0.0608. The molecule has 1 aliphatic heterocycles. The number of H-pyrrole nitrogens is 1. The van der Waals surface area contributed by atoms with E-state index in [9.17, 15) is 0 Å². The molecule has 2 N–H and O–H groups in total. The zero-order chi connectivity index (χ0) is 17.2. The van der Waals surface area contributed by atoms with Crippen molar-refractivity contribution in [2.75, 3.05) is 20.8 Å². The van der Waals surface area contributed by atoms with Crippen LogP contribution in [0.1, 0.15) is 24.7 Å². The minimum Gasteiger partial charge on any atom is -0.480 e. The predicted octanol–water partition coefficient (Wildman–Crippen LogP) is 3.07. The minimum absolute atomic E-state index is 0.173. The van der Waals surface area contributed by atoms with E-state index in [0.717, 1.165) is 47.4 Å². The number of imidazole rings is 1. The molecule has 1 aliphatic rings. The van der Waals surface area contributed by atoms with Crippen molar-refractivity contribution >= 4 is 10.9 Å². The average molecular weight is 338 g/mol. The summed E-state index contributed by atoms with van der Waals surface area (Å²) in [5.74, 6) is 1.52. The van der Waals surface area contributed by atoms with Crippen LogP contribution < -0.4 is 10.1 Å². The quantitative estimate of drug-likeness (QED) is 0.765. The third-order valence-corrected chi connectivity index (χ3v) is 4.79. The summed E-state index contributed by atoms with van der Waals surface area (Å²) in [6.07, 6.45) is 4.07. The first-order valence-corrected chi connectivity index (χ1v) is 8.53. The molecule has 0 spiro atoms. The molecule has 6 heteroatoms. The predicted molar refractivity (Wildman–Crippen MR) is 96.7 cm³/mol. The molecule has 25 heavy (non-hydrogen) atoms. The van der Waals surface area contributed by atoms with Gasteiger partial charge in [0.1, 0.15) is 5.82 Å². The fourth-order valence-electron chi connectivity index (χ4n) is 3.40. The average Bonchev–Trinajstić information content (AvgIpc) is 3.17. The number of benzene rings is 1. The first-order chi connectivity index (χ1) is 12.3. The molecule has 0 bridgehead atoms. The first kappa shape index (κ1) is 16.1. The Balaban J connectivity index is 1.68. The molecule has 2 aromatic heterocycles. The highest BCUT2D eigenvalue weighted by atomic mass is 16.5. The number of ether oxygens (including phenoxy) is 2. The van der Waals surface area contributed by atoms with E-state index in [4.69, 9.17) is 9.47 Å². The molecule has 3 aromatic rings. The molecule has 1 aromatic carbocycles. The molecule has 3 heterocycles. The number of aromatic amines is 1. The Bertz CT molecular complexity index is 877. The molecule has 6 nitrogen and oxygen atoms in total. The number of hydrogen-bond donors (Lipinski definition) is 2. The number of methoxy groups -OCH3 is 2. The molecule has 130 valence electrons. The lowest BCUT2D eigenvalue weighted by Gasteiger charge is -2.28. The molecule has 0 radical (unpaired) electrons. The van der Waals surface area contributed by atoms with E-state index in [-0.39, 0.29) is 12.1 Å². The van der Waals surface area contributed by atoms with Crippen LogP contribution in [-0.2, 0) is 4.74 Å². The highest BCUT2D eigenvalue weighted by Gasteiger charge is 2.25. The summed E-state index contributed by atoms with van der Waals surface area (Å²) in [7, 11) is 3.41. The number of fused-ring (bicyclic) bond motifs is 1. The van der Waals surface area contributed by atoms with Crippen LogP contribution in [0.25, 0.3) is 22.2 Å². The zero-order valence-electron chi connectivity index (χ0n) is 14.5. The fourth-order valence-corrected chi connectivity index (χ4v) is 3.40. The van der Waals surface area contributed by atoms with Gasteiger partial charge in [-0.3, -0.25) is 0 Å². The number of nitrogens with one attached hydrogen (secondary N) is 2. The Kier molecular flexibility index (Phi) is 4.38. The Morgan fingerprint density at radius 1 is 1.20 bits per heavy atom. The van der Waals surface area contributed by atoms with E-state index < -0.39 is 0 Å². The van der Waals surface area contributed by atoms with Crippen molar-refractivity contribution in [1.29, 1.82) is 0 Å². The van der Waals surface area contributed by atoms with E-state index in [0.29, 0.717) is 5.88 Å². The summed E-state index contributed by atoms with van der Waals surface area (Å²) in [6.45, 7) is 0.931. The molecular formula is C19H22N4O2. The molecular weight excluding hydrogens is 316 g/mol. The highest BCUT2D eigenvalue weighted by molar-refractivity contribution is 5.85. The van der Waals surface area contributed by atoms with Gasteiger partial charge in [-0.2, -0.15) is 0 Å². The topological polar surface area (TPSA) is 72.1 Å². The van der Waals surface area contributed by atoms with Crippen LogP contribution in [0.4, 0.5) is 0 Å². The van der Waals surface area contributed by atoms with Crippen LogP contribution in [0.15, 0.2) is 36.5 Å². The maximum atomic E-state index is 5.51. The van der Waals surface area contributed by atoms with Gasteiger partial charge < -0.3 is 19.8 Å². The zero-order valence-corrected chi connectivity index (χ0v) is 14.5. The van der Waals surface area contributed by atoms with Crippen molar-refractivity contribution in [1.82, 2.24) is 20.3 Å². The van der Waals surface area contributed by atoms with Gasteiger partial charge in [0.05, 0.1) is 42.2 Å². The molecule has 0 amide bonds. The Labute approximate surface area is 146 Å². The van der Waals surface area contributed by atoms with Crippen LogP contribution in [0, 0.1) is 0 Å². The minimum atomic E-state index is 0.173. The molecule has 0 unspecified atom stereocenters. The first-order valence-electron chi connectivity index (χ1n) is 8.53. The third-order valence-electron chi connectivity index (χ3n) is 4.79. The standard InChI is InChI=1S/C19H22N4O2/c1-24-13-7-8-20-16(10-13)18-21-11-17(22-18)14-9-12-5-3-4-6-15(12)23-19(14)25-2/h3-6,9,11,13,16,20H,7-8,10H2,1-2H3,(H,21,22)/t13-,16+/m1/s1. The van der Waals surface area contributed by atoms with Crippen LogP contribution in [0.2, 0.25) is 0 Å². The molecule has 2 atom stereocenters. The van der Waals surface area contributed by atoms with Crippen molar-refractivity contribution in [3.63, 3.8) is 0 Å². The lowest BCUT2D eigenvalue weighted by atomic mass is 10.0. The third kappa shape index (κ3) is 3.10. The summed E-state index contributed by atoms with van der Waals surface area (Å²) < 4.78 is 11.0. The normalized spacial score (nSPS) is 20.7. The van der Waals surface area contributed by atoms with Crippen molar-refractivity contribution < 1.29 is 9.47 Å². The van der Waals surface area contributed by atoms with Crippen LogP contribution in [0.5, 0.6) is 5.88 Å². The second-order valence-corrected chi connectivity index (χ2v) is 6.31. The monoisotopic (exact) mass is 338 g/mol. The Morgan fingerprint density at radius 3 is 2.92 bits per heavy atom. The number of hydrogen-bond acceptors (Lipinski definition) is 5. The van der Waals surface area contributed by atoms with Gasteiger partial charge >= 0.3 is 0 Å². The van der Waals surface area contributed by atoms with E-state index in [1.54, 1.807) is 14.2 Å². The number of rotatable bonds is 4. The van der Waals surface area contributed by atoms with Crippen molar-refractivity contribution in [3.05, 3.63) is 42.4 Å². The molecule has 0 saturated carbocycles. The smallest absolute Gasteiger partial charge is 0.223 e. The summed E-state index contributed by atoms with van der Waals surface area (Å²) in [6, 6.07) is 10.3. The molecule has 4 rings (SSSR count). The number of pyridine rings is 1. The van der Waals surface area contributed by atoms with Gasteiger partial charge in [0.15, 0.2) is 0 Å². The Morgan fingerprint density at radius 2 is 2.08 bits per heavy atom. The summed E-state index contributed by atoms with van der Waals surface area (Å²) >= 11 is 0. The van der Waals surface area contributed by atoms with E-state index in [1.807, 2.05) is 24.4 Å². The summed E-state index contributed by atoms with van der Waals surface area (Å²) in [4.78, 5) is 12.6. The van der Waals surface area contributed by atoms with Gasteiger partial charge in [0, 0.05) is 12.5 Å². The lowest BCUT2D eigenvalue weighted by Crippen LogP contribution is -2.35. The van der Waals surface area contributed by atoms with Crippen molar-refractivity contribution in [3.8, 4) is 17.1 Å². The van der Waals surface area contributed by atoms with Crippen LogP contribution in [-0.4, -0.2) is 41.8 Å². The van der Waals surface area contributed by atoms with Gasteiger partial charge in [0.2, 0.25) is 5.88 Å². The maximum absolute atomic E-state index is 5.51. The van der Waals surface area contributed by atoms with E-state index in [2.05, 4.69) is 32.4 Å². The Hall–Kier alpha value is -2.44. The second-order valence-electron chi connectivity index (χ2n) is 6.31. The van der Waals surface area contributed by atoms with Crippen molar-refractivity contribution in [2.45, 2.75) is 25.0 Å². The number of aromatic nitrogens is 3. The maximum Gasteiger partial charge on any atom is 0.223 e. The SMILES string of the molecule is COc1nc2ccccc2cc1-c1cnc([C@@H]2C[C@H](OC)CCN2)[nH]1. The van der Waals surface area contributed by atoms with Gasteiger partial charge in [-0.25, -0.2) is 9.97 Å². The second kappa shape index (κ2) is 6.82. The number of nitrogens with zero attached hydrogens (tertiary/aromatic N) is 2. The van der Waals surface area contributed by atoms with Gasteiger partial charge in [-0.05, 0) is 31.5 Å². The molecule has 1 fully saturated rings. The van der Waals surface area contributed by atoms with Crippen LogP contribution in [0.3, 0.4) is 0 Å². The fraction of sp³-hybridized carbons (Fsp3) is 0.368. The van der Waals surface area contributed by atoms with Gasteiger partial charge in [-0.1, -0.05) is 18.2 Å². The van der Waals surface area contributed by atoms with E-state index in [1.165, 1.54) is 0 Å². The number of para-hydroxylation sites is 1. The largest absolute Gasteiger partial charge is 0.480 e. The summed E-state index contributed by atoms with van der Waals surface area (Å²) in [5, 5.41) is 4.58. The van der Waals surface area contributed by atoms with E-state index >= 15 is 0 Å². The molecule has 1 saturated heterocycles. The molecule has 0 aliphatic carbocycles. The number of piperidine rings is 1. The summed E-state index contributed by atoms with van der Waals surface area (Å²) in [5.41, 5.74) is 2.74. The van der Waals surface area contributed by atoms with Gasteiger partial charge in [0.25, 0.3) is 0 Å². The highest BCUT2D eigenvalue weighted by Crippen LogP contribution is 2.32. The van der Waals surface area contributed by atoms with Gasteiger partial charge in [-0.15, -0.1) is 0 Å². The van der Waals surface area contributed by atoms with Crippen molar-refractivity contribution in [2.24, 2.45) is 0 Å².